The number of ether oxygens (including phenoxy) is 1. The molecule has 0 unspecified atom stereocenters. The topological polar surface area (TPSA) is 116 Å². The Balaban J connectivity index is 1.98. The molecule has 0 spiro atoms. The van der Waals surface area contributed by atoms with Gasteiger partial charge in [-0.3, -0.25) is 19.1 Å². The molecule has 0 aliphatic carbocycles. The molecule has 0 bridgehead atoms. The van der Waals surface area contributed by atoms with Crippen LogP contribution in [0.25, 0.3) is 11.2 Å². The number of rotatable bonds is 10. The first-order chi connectivity index (χ1) is 15.3. The number of carbonyl (C=O) groups is 2. The number of fused-ring (bicyclic) bond motifs is 1. The van der Waals surface area contributed by atoms with Gasteiger partial charge in [0.2, 0.25) is 0 Å². The number of unbranched alkanes of at least 4 members (excludes halogenated alkanes) is 1. The van der Waals surface area contributed by atoms with E-state index in [0.29, 0.717) is 53.4 Å². The van der Waals surface area contributed by atoms with Crippen LogP contribution in [0.5, 0.6) is 0 Å². The number of nitrogens with zero attached hydrogens (tertiary/aromatic N) is 3. The summed E-state index contributed by atoms with van der Waals surface area (Å²) in [7, 11) is 0. The van der Waals surface area contributed by atoms with Gasteiger partial charge in [0.25, 0.3) is 5.56 Å². The first kappa shape index (κ1) is 23.2. The number of aryl methyl sites for hydroxylation is 2. The van der Waals surface area contributed by atoms with Crippen LogP contribution in [0.2, 0.25) is 0 Å². The molecule has 2 heterocycles. The number of hydrogen-bond donors (Lipinski definition) is 1. The zero-order chi connectivity index (χ0) is 23.3. The molecule has 9 nitrogen and oxygen atoms in total. The van der Waals surface area contributed by atoms with Crippen LogP contribution >= 0.6 is 0 Å². The predicted octanol–water partition coefficient (Wildman–Crippen LogP) is 2.90. The van der Waals surface area contributed by atoms with E-state index in [1.807, 2.05) is 6.92 Å². The molecule has 0 saturated carbocycles. The minimum absolute atomic E-state index is 0.150. The first-order valence-corrected chi connectivity index (χ1v) is 10.8. The number of carbonyl (C=O) groups excluding carboxylic acids is 2. The molecule has 170 valence electrons. The van der Waals surface area contributed by atoms with Crippen LogP contribution in [-0.4, -0.2) is 31.4 Å². The standard InChI is InChI=1S/C23H28N4O5/c1-4-5-11-27-20-19(21(29)25-23(27)31)26(12-10-15(2)3)18(24-20)14-32-22(30)17-8-6-16(13-28)7-9-17/h6-9,13,15H,4-5,10-12,14H2,1-3H3,(H,25,29,31). The van der Waals surface area contributed by atoms with Gasteiger partial charge in [-0.05, 0) is 30.9 Å². The van der Waals surface area contributed by atoms with E-state index in [1.165, 1.54) is 28.8 Å². The van der Waals surface area contributed by atoms with Crippen molar-refractivity contribution >= 4 is 23.4 Å². The molecule has 0 radical (unpaired) electrons. The molecule has 2 aromatic heterocycles. The molecule has 0 atom stereocenters. The number of hydrogen-bond acceptors (Lipinski definition) is 6. The maximum atomic E-state index is 12.7. The summed E-state index contributed by atoms with van der Waals surface area (Å²) in [6.45, 7) is 6.95. The van der Waals surface area contributed by atoms with Crippen molar-refractivity contribution in [1.82, 2.24) is 19.1 Å². The maximum absolute atomic E-state index is 12.7. The SMILES string of the molecule is CCCCn1c(=O)[nH]c(=O)c2c1nc(COC(=O)c1ccc(C=O)cc1)n2CCC(C)C. The van der Waals surface area contributed by atoms with Crippen LogP contribution in [-0.2, 0) is 24.4 Å². The van der Waals surface area contributed by atoms with Gasteiger partial charge in [0.1, 0.15) is 18.7 Å². The normalized spacial score (nSPS) is 11.2. The summed E-state index contributed by atoms with van der Waals surface area (Å²) in [6.07, 6.45) is 3.13. The molecule has 0 aliphatic heterocycles. The zero-order valence-corrected chi connectivity index (χ0v) is 18.6. The summed E-state index contributed by atoms with van der Waals surface area (Å²) in [5, 5.41) is 0. The summed E-state index contributed by atoms with van der Waals surface area (Å²) in [5.41, 5.74) is 0.374. The van der Waals surface area contributed by atoms with Crippen LogP contribution in [0.4, 0.5) is 0 Å². The van der Waals surface area contributed by atoms with Gasteiger partial charge >= 0.3 is 11.7 Å². The van der Waals surface area contributed by atoms with E-state index >= 15 is 0 Å². The minimum Gasteiger partial charge on any atom is -0.454 e. The molecule has 32 heavy (non-hydrogen) atoms. The smallest absolute Gasteiger partial charge is 0.338 e. The Morgan fingerprint density at radius 1 is 1.16 bits per heavy atom. The van der Waals surface area contributed by atoms with Crippen molar-refractivity contribution < 1.29 is 14.3 Å². The Hall–Kier alpha value is -3.49. The zero-order valence-electron chi connectivity index (χ0n) is 18.6. The van der Waals surface area contributed by atoms with Crippen molar-refractivity contribution in [2.45, 2.75) is 59.7 Å². The first-order valence-electron chi connectivity index (χ1n) is 10.8. The van der Waals surface area contributed by atoms with Crippen molar-refractivity contribution in [2.24, 2.45) is 5.92 Å². The molecule has 3 aromatic rings. The van der Waals surface area contributed by atoms with Gasteiger partial charge in [0.05, 0.1) is 5.56 Å². The number of nitrogens with one attached hydrogen (secondary N) is 1. The van der Waals surface area contributed by atoms with E-state index in [1.54, 1.807) is 4.57 Å². The van der Waals surface area contributed by atoms with Crippen LogP contribution in [0, 0.1) is 5.92 Å². The number of imidazole rings is 1. The fourth-order valence-electron chi connectivity index (χ4n) is 3.39. The molecule has 0 aliphatic rings. The molecular formula is C23H28N4O5. The fourth-order valence-corrected chi connectivity index (χ4v) is 3.39. The number of aromatic nitrogens is 4. The van der Waals surface area contributed by atoms with Crippen LogP contribution < -0.4 is 11.2 Å². The molecular weight excluding hydrogens is 412 g/mol. The van der Waals surface area contributed by atoms with Gasteiger partial charge < -0.3 is 9.30 Å². The van der Waals surface area contributed by atoms with Crippen molar-refractivity contribution in [1.29, 1.82) is 0 Å². The van der Waals surface area contributed by atoms with Gasteiger partial charge in [-0.2, -0.15) is 0 Å². The fraction of sp³-hybridized carbons (Fsp3) is 0.435. The Labute approximate surface area is 185 Å². The second-order valence-electron chi connectivity index (χ2n) is 8.11. The van der Waals surface area contributed by atoms with Crippen LogP contribution in [0.15, 0.2) is 33.9 Å². The molecule has 0 amide bonds. The van der Waals surface area contributed by atoms with Gasteiger partial charge in [0, 0.05) is 18.7 Å². The highest BCUT2D eigenvalue weighted by Gasteiger charge is 2.20. The molecule has 0 saturated heterocycles. The molecule has 1 aromatic carbocycles. The number of H-pyrrole nitrogens is 1. The Morgan fingerprint density at radius 2 is 1.88 bits per heavy atom. The van der Waals surface area contributed by atoms with E-state index in [2.05, 4.69) is 23.8 Å². The monoisotopic (exact) mass is 440 g/mol. The second-order valence-corrected chi connectivity index (χ2v) is 8.11. The summed E-state index contributed by atoms with van der Waals surface area (Å²) in [5.74, 6) is 0.214. The Kier molecular flexibility index (Phi) is 7.40. The van der Waals surface area contributed by atoms with Crippen LogP contribution in [0.1, 0.15) is 66.6 Å². The van der Waals surface area contributed by atoms with Crippen molar-refractivity contribution in [3.8, 4) is 0 Å². The predicted molar refractivity (Wildman–Crippen MR) is 120 cm³/mol. The van der Waals surface area contributed by atoms with E-state index in [0.717, 1.165) is 19.3 Å². The van der Waals surface area contributed by atoms with Crippen molar-refractivity contribution in [2.75, 3.05) is 0 Å². The van der Waals surface area contributed by atoms with Crippen LogP contribution in [0.3, 0.4) is 0 Å². The summed E-state index contributed by atoms with van der Waals surface area (Å²) < 4.78 is 8.65. The lowest BCUT2D eigenvalue weighted by Crippen LogP contribution is -2.31. The summed E-state index contributed by atoms with van der Waals surface area (Å²) in [6, 6.07) is 6.10. The minimum atomic E-state index is -0.567. The van der Waals surface area contributed by atoms with E-state index in [4.69, 9.17) is 4.74 Å². The molecule has 3 rings (SSSR count). The molecule has 9 heteroatoms. The van der Waals surface area contributed by atoms with Crippen molar-refractivity contribution in [3.63, 3.8) is 0 Å². The number of benzene rings is 1. The lowest BCUT2D eigenvalue weighted by molar-refractivity contribution is 0.0458. The summed E-state index contributed by atoms with van der Waals surface area (Å²) in [4.78, 5) is 55.2. The molecule has 0 fully saturated rings. The quantitative estimate of drug-likeness (QED) is 0.383. The van der Waals surface area contributed by atoms with Gasteiger partial charge in [-0.1, -0.05) is 39.3 Å². The molecule has 1 N–H and O–H groups in total. The number of esters is 1. The average Bonchev–Trinajstić information content (AvgIpc) is 3.14. The highest BCUT2D eigenvalue weighted by molar-refractivity contribution is 5.90. The van der Waals surface area contributed by atoms with Crippen molar-refractivity contribution in [3.05, 3.63) is 62.1 Å². The van der Waals surface area contributed by atoms with E-state index in [-0.39, 0.29) is 6.61 Å². The lowest BCUT2D eigenvalue weighted by Gasteiger charge is -2.11. The van der Waals surface area contributed by atoms with Gasteiger partial charge in [-0.15, -0.1) is 0 Å². The number of aromatic amines is 1. The van der Waals surface area contributed by atoms with E-state index < -0.39 is 17.2 Å². The third kappa shape index (κ3) is 5.04. The van der Waals surface area contributed by atoms with Gasteiger partial charge in [0.15, 0.2) is 11.2 Å². The summed E-state index contributed by atoms with van der Waals surface area (Å²) >= 11 is 0. The Bertz CT molecular complexity index is 1220. The van der Waals surface area contributed by atoms with E-state index in [9.17, 15) is 19.2 Å². The third-order valence-corrected chi connectivity index (χ3v) is 5.24. The largest absolute Gasteiger partial charge is 0.454 e. The average molecular weight is 441 g/mol. The third-order valence-electron chi connectivity index (χ3n) is 5.24. The Morgan fingerprint density at radius 3 is 2.50 bits per heavy atom. The lowest BCUT2D eigenvalue weighted by atomic mass is 10.1. The highest BCUT2D eigenvalue weighted by atomic mass is 16.5. The van der Waals surface area contributed by atoms with Gasteiger partial charge in [-0.25, -0.2) is 14.6 Å². The maximum Gasteiger partial charge on any atom is 0.338 e. The second kappa shape index (κ2) is 10.2. The number of aldehydes is 1. The highest BCUT2D eigenvalue weighted by Crippen LogP contribution is 2.16.